The normalized spacial score (nSPS) is 11.7. The number of rotatable bonds is 33. The fourth-order valence-corrected chi connectivity index (χ4v) is 7.83. The third-order valence-electron chi connectivity index (χ3n) is 8.24. The van der Waals surface area contributed by atoms with Crippen LogP contribution in [0.3, 0.4) is 0 Å². The van der Waals surface area contributed by atoms with Gasteiger partial charge in [-0.05, 0) is 50.4 Å². The average Bonchev–Trinajstić information content (AvgIpc) is 2.96. The molecule has 0 aromatic heterocycles. The summed E-state index contributed by atoms with van der Waals surface area (Å²) in [7, 11) is -3.69. The number of hydrogen-bond acceptors (Lipinski definition) is 4. The molecule has 0 saturated carbocycles. The molecule has 0 N–H and O–H groups in total. The van der Waals surface area contributed by atoms with Crippen molar-refractivity contribution in [3.63, 3.8) is 0 Å². The first-order valence-electron chi connectivity index (χ1n) is 18.6. The van der Waals surface area contributed by atoms with Crippen molar-refractivity contribution in [3.8, 4) is 0 Å². The van der Waals surface area contributed by atoms with E-state index in [1.807, 2.05) is 0 Å². The fourth-order valence-electron chi connectivity index (χ4n) is 5.54. The van der Waals surface area contributed by atoms with E-state index in [1.54, 1.807) is 0 Å². The zero-order valence-corrected chi connectivity index (χ0v) is 30.7. The first kappa shape index (κ1) is 44.3. The van der Waals surface area contributed by atoms with Crippen LogP contribution in [0.2, 0.25) is 0 Å². The largest absolute Gasteiger partial charge is 0.726 e. The van der Waals surface area contributed by atoms with E-state index in [0.717, 1.165) is 10.9 Å². The summed E-state index contributed by atoms with van der Waals surface area (Å²) in [5, 5.41) is 0. The van der Waals surface area contributed by atoms with Crippen LogP contribution < -0.4 is 0 Å². The quantitative estimate of drug-likeness (QED) is 0.0311. The highest BCUT2D eigenvalue weighted by atomic mass is 32.3. The van der Waals surface area contributed by atoms with Crippen LogP contribution >= 0.6 is 0 Å². The fraction of sp³-hybridized carbons (Fsp3) is 1.00. The lowest BCUT2D eigenvalue weighted by atomic mass is 10.0. The molecule has 0 saturated heterocycles. The van der Waals surface area contributed by atoms with Crippen molar-refractivity contribution in [2.75, 3.05) is 23.9 Å². The minimum atomic E-state index is -4.42. The lowest BCUT2D eigenvalue weighted by molar-refractivity contribution is 0.275. The van der Waals surface area contributed by atoms with Crippen LogP contribution in [-0.4, -0.2) is 36.8 Å². The average molecular weight is 637 g/mol. The van der Waals surface area contributed by atoms with Crippen molar-refractivity contribution < 1.29 is 17.2 Å². The summed E-state index contributed by atoms with van der Waals surface area (Å²) in [5.74, 6) is 4.51. The van der Waals surface area contributed by atoms with Crippen LogP contribution in [-0.2, 0) is 25.5 Å². The van der Waals surface area contributed by atoms with Gasteiger partial charge in [0.1, 0.15) is 17.3 Å². The first-order valence-corrected chi connectivity index (χ1v) is 21.7. The second-order valence-corrected chi connectivity index (χ2v) is 16.0. The molecule has 0 unspecified atom stereocenters. The molecule has 0 aromatic rings. The molecule has 0 aliphatic carbocycles. The van der Waals surface area contributed by atoms with E-state index >= 15 is 0 Å². The minimum Gasteiger partial charge on any atom is -0.726 e. The monoisotopic (exact) mass is 637 g/mol. The third kappa shape index (κ3) is 42.4. The van der Waals surface area contributed by atoms with Gasteiger partial charge in [-0.1, -0.05) is 168 Å². The third-order valence-corrected chi connectivity index (χ3v) is 11.3. The van der Waals surface area contributed by atoms with Crippen LogP contribution in [0.1, 0.15) is 207 Å². The Morgan fingerprint density at radius 3 is 0.833 bits per heavy atom. The first-order chi connectivity index (χ1) is 20.4. The van der Waals surface area contributed by atoms with Crippen LogP contribution in [0, 0.1) is 0 Å². The Kier molecular flexibility index (Phi) is 39.5. The van der Waals surface area contributed by atoms with Crippen LogP contribution in [0.5, 0.6) is 0 Å². The predicted molar refractivity (Wildman–Crippen MR) is 190 cm³/mol. The van der Waals surface area contributed by atoms with E-state index in [0.29, 0.717) is 0 Å². The lowest BCUT2D eigenvalue weighted by Gasteiger charge is -2.07. The lowest BCUT2D eigenvalue weighted by Crippen LogP contribution is -2.14. The molecular formula is C36H76O4S2. The van der Waals surface area contributed by atoms with Gasteiger partial charge in [-0.3, -0.25) is 4.18 Å². The number of unbranched alkanes of at least 4 members (excludes halogenated alkanes) is 26. The van der Waals surface area contributed by atoms with E-state index in [2.05, 4.69) is 25.0 Å². The second kappa shape index (κ2) is 37.4. The van der Waals surface area contributed by atoms with E-state index in [4.69, 9.17) is 0 Å². The van der Waals surface area contributed by atoms with Gasteiger partial charge in [-0.15, -0.1) is 0 Å². The Balaban J connectivity index is 0. The molecular weight excluding hydrogens is 561 g/mol. The highest BCUT2D eigenvalue weighted by molar-refractivity contribution is 7.96. The Morgan fingerprint density at radius 1 is 0.429 bits per heavy atom. The smallest absolute Gasteiger partial charge is 0.217 e. The summed E-state index contributed by atoms with van der Waals surface area (Å²) < 4.78 is 32.0. The molecule has 4 nitrogen and oxygen atoms in total. The summed E-state index contributed by atoms with van der Waals surface area (Å²) in [6.07, 6.45) is 41.4. The van der Waals surface area contributed by atoms with E-state index in [9.17, 15) is 13.0 Å². The molecule has 0 amide bonds. The Labute approximate surface area is 269 Å². The maximum atomic E-state index is 9.45. The molecule has 256 valence electrons. The van der Waals surface area contributed by atoms with Crippen LogP contribution in [0.25, 0.3) is 0 Å². The van der Waals surface area contributed by atoms with Crippen molar-refractivity contribution in [2.24, 2.45) is 0 Å². The van der Waals surface area contributed by atoms with E-state index in [-0.39, 0.29) is 6.61 Å². The molecule has 0 fully saturated rings. The second-order valence-electron chi connectivity index (χ2n) is 12.3. The molecule has 0 radical (unpaired) electrons. The highest BCUT2D eigenvalue weighted by Crippen LogP contribution is 2.16. The van der Waals surface area contributed by atoms with Crippen molar-refractivity contribution in [2.45, 2.75) is 207 Å². The zero-order chi connectivity index (χ0) is 31.4. The standard InChI is InChI=1S/C34H71S.C2H6O4S/c1-4-7-9-11-13-15-17-19-21-23-25-27-29-31-33-35(6-3)34-32-30-28-26-24-22-20-18-16-14-12-10-8-5-2;1-2-6-7(3,4)5/h4-34H2,1-3H3;2H2,1H3,(H,3,4,5)/q+1;/p-1. The van der Waals surface area contributed by atoms with Crippen molar-refractivity contribution >= 4 is 21.3 Å². The molecule has 0 aliphatic rings. The molecule has 0 heterocycles. The summed E-state index contributed by atoms with van der Waals surface area (Å²) >= 11 is 0. The maximum Gasteiger partial charge on any atom is 0.217 e. The molecule has 0 rings (SSSR count). The Bertz CT molecular complexity index is 551. The van der Waals surface area contributed by atoms with Gasteiger partial charge in [0, 0.05) is 0 Å². The van der Waals surface area contributed by atoms with Crippen molar-refractivity contribution in [1.29, 1.82) is 0 Å². The van der Waals surface area contributed by atoms with Crippen molar-refractivity contribution in [3.05, 3.63) is 0 Å². The SMILES string of the molecule is CCCCCCCCCCCCCCCC[S+](CC)CCCCCCCCCCCCCCCC.CCOS(=O)(=O)[O-]. The summed E-state index contributed by atoms with van der Waals surface area (Å²) in [6, 6.07) is 0. The van der Waals surface area contributed by atoms with Crippen molar-refractivity contribution in [1.82, 2.24) is 0 Å². The van der Waals surface area contributed by atoms with Gasteiger partial charge >= 0.3 is 0 Å². The topological polar surface area (TPSA) is 66.4 Å². The molecule has 6 heteroatoms. The van der Waals surface area contributed by atoms with Crippen LogP contribution in [0.4, 0.5) is 0 Å². The van der Waals surface area contributed by atoms with Gasteiger partial charge in [0.2, 0.25) is 10.4 Å². The van der Waals surface area contributed by atoms with Crippen LogP contribution in [0.15, 0.2) is 0 Å². The van der Waals surface area contributed by atoms with Gasteiger partial charge < -0.3 is 4.55 Å². The highest BCUT2D eigenvalue weighted by Gasteiger charge is 2.13. The zero-order valence-electron chi connectivity index (χ0n) is 29.1. The number of hydrogen-bond donors (Lipinski definition) is 0. The molecule has 0 spiro atoms. The summed E-state index contributed by atoms with van der Waals surface area (Å²) in [5.41, 5.74) is 0. The van der Waals surface area contributed by atoms with Gasteiger partial charge in [0.05, 0.1) is 6.61 Å². The summed E-state index contributed by atoms with van der Waals surface area (Å²) in [6.45, 7) is 8.39. The van der Waals surface area contributed by atoms with E-state index in [1.165, 1.54) is 204 Å². The molecule has 0 bridgehead atoms. The van der Waals surface area contributed by atoms with E-state index < -0.39 is 10.4 Å². The molecule has 42 heavy (non-hydrogen) atoms. The van der Waals surface area contributed by atoms with Gasteiger partial charge in [-0.25, -0.2) is 8.42 Å². The Morgan fingerprint density at radius 2 is 0.667 bits per heavy atom. The van der Waals surface area contributed by atoms with Gasteiger partial charge in [0.25, 0.3) is 0 Å². The molecule has 0 atom stereocenters. The molecule has 0 aromatic carbocycles. The predicted octanol–water partition coefficient (Wildman–Crippen LogP) is 12.1. The maximum absolute atomic E-state index is 9.45. The summed E-state index contributed by atoms with van der Waals surface area (Å²) in [4.78, 5) is 0. The Hall–Kier alpha value is 0.220. The van der Waals surface area contributed by atoms with Gasteiger partial charge in [-0.2, -0.15) is 0 Å². The van der Waals surface area contributed by atoms with Gasteiger partial charge in [0.15, 0.2) is 0 Å². The molecule has 0 aliphatic heterocycles. The minimum absolute atomic E-state index is 0.0914.